The molecule has 1 aliphatic heterocycles. The Balaban J connectivity index is 1.69. The number of carbonyl (C=O) groups excluding carboxylic acids is 3. The fourth-order valence-electron chi connectivity index (χ4n) is 3.39. The van der Waals surface area contributed by atoms with Crippen LogP contribution in [0.5, 0.6) is 5.75 Å². The molecule has 0 saturated carbocycles. The number of hydrogen-bond donors (Lipinski definition) is 1. The molecule has 33 heavy (non-hydrogen) atoms. The molecule has 0 bridgehead atoms. The van der Waals surface area contributed by atoms with Crippen LogP contribution in [-0.4, -0.2) is 42.9 Å². The minimum atomic E-state index is -0.571. The third kappa shape index (κ3) is 5.57. The monoisotopic (exact) mass is 446 g/mol. The van der Waals surface area contributed by atoms with Gasteiger partial charge in [0.15, 0.2) is 6.61 Å². The highest BCUT2D eigenvalue weighted by Crippen LogP contribution is 2.31. The molecule has 0 unspecified atom stereocenters. The van der Waals surface area contributed by atoms with Gasteiger partial charge in [0.1, 0.15) is 5.75 Å². The molecule has 2 amide bonds. The number of benzene rings is 2. The van der Waals surface area contributed by atoms with E-state index in [1.54, 1.807) is 43.3 Å². The first-order valence-electron chi connectivity index (χ1n) is 10.4. The van der Waals surface area contributed by atoms with Gasteiger partial charge in [-0.3, -0.25) is 9.59 Å². The van der Waals surface area contributed by atoms with Crippen LogP contribution in [0.3, 0.4) is 0 Å². The lowest BCUT2D eigenvalue weighted by molar-refractivity contribution is -0.136. The van der Waals surface area contributed by atoms with Gasteiger partial charge in [-0.15, -0.1) is 6.58 Å². The van der Waals surface area contributed by atoms with Crippen LogP contribution in [0, 0.1) is 6.92 Å². The van der Waals surface area contributed by atoms with Crippen LogP contribution in [0.25, 0.3) is 6.08 Å². The van der Waals surface area contributed by atoms with Crippen molar-refractivity contribution in [3.05, 3.63) is 89.2 Å². The van der Waals surface area contributed by atoms with Gasteiger partial charge in [-0.25, -0.2) is 4.79 Å². The normalized spacial score (nSPS) is 14.5. The molecule has 1 heterocycles. The molecule has 3 rings (SSSR count). The highest BCUT2D eigenvalue weighted by molar-refractivity contribution is 6.16. The number of nitrogens with one attached hydrogen (secondary N) is 1. The molecule has 0 aromatic heterocycles. The first-order valence-corrected chi connectivity index (χ1v) is 10.4. The molecule has 0 fully saturated rings. The number of rotatable bonds is 8. The van der Waals surface area contributed by atoms with Crippen LogP contribution in [0.4, 0.5) is 5.69 Å². The predicted molar refractivity (Wildman–Crippen MR) is 126 cm³/mol. The number of anilines is 1. The Morgan fingerprint density at radius 3 is 2.33 bits per heavy atom. The molecule has 0 atom stereocenters. The maximum absolute atomic E-state index is 12.8. The van der Waals surface area contributed by atoms with Crippen LogP contribution >= 0.6 is 0 Å². The second-order valence-electron chi connectivity index (χ2n) is 7.49. The minimum absolute atomic E-state index is 0.141. The van der Waals surface area contributed by atoms with E-state index in [2.05, 4.69) is 11.9 Å². The second kappa shape index (κ2) is 10.5. The Labute approximate surface area is 193 Å². The van der Waals surface area contributed by atoms with Crippen molar-refractivity contribution < 1.29 is 23.9 Å². The number of ether oxygens (including phenoxy) is 2. The fourth-order valence-corrected chi connectivity index (χ4v) is 3.39. The first-order chi connectivity index (χ1) is 15.8. The molecular weight excluding hydrogens is 420 g/mol. The van der Waals surface area contributed by atoms with Crippen molar-refractivity contribution in [2.24, 2.45) is 0 Å². The third-order valence-corrected chi connectivity index (χ3v) is 5.11. The zero-order chi connectivity index (χ0) is 24.0. The van der Waals surface area contributed by atoms with Crippen molar-refractivity contribution in [3.63, 3.8) is 0 Å². The zero-order valence-electron chi connectivity index (χ0n) is 18.9. The Morgan fingerprint density at radius 1 is 1.06 bits per heavy atom. The Bertz CT molecular complexity index is 1130. The molecule has 0 saturated heterocycles. The third-order valence-electron chi connectivity index (χ3n) is 5.11. The molecular formula is C26H26N2O5. The number of allylic oxidation sites excluding steroid dienone is 1. The van der Waals surface area contributed by atoms with Gasteiger partial charge in [0.05, 0.1) is 18.3 Å². The van der Waals surface area contributed by atoms with E-state index in [4.69, 9.17) is 9.47 Å². The molecule has 170 valence electrons. The smallest absolute Gasteiger partial charge is 0.340 e. The lowest BCUT2D eigenvalue weighted by Crippen LogP contribution is -2.24. The summed E-state index contributed by atoms with van der Waals surface area (Å²) in [5.74, 6) is -0.631. The lowest BCUT2D eigenvalue weighted by Gasteiger charge is -2.14. The topological polar surface area (TPSA) is 84.9 Å². The van der Waals surface area contributed by atoms with Crippen molar-refractivity contribution in [2.75, 3.05) is 25.6 Å². The van der Waals surface area contributed by atoms with E-state index in [0.717, 1.165) is 5.56 Å². The SMILES string of the molecule is C=CCN1C(=O)/C(=C\c2ccc(OCC(=O)Nc3ccc(C)cc3)cc2)C(C(=O)OC)=C1C. The van der Waals surface area contributed by atoms with E-state index < -0.39 is 5.97 Å². The largest absolute Gasteiger partial charge is 0.484 e. The van der Waals surface area contributed by atoms with Crippen LogP contribution < -0.4 is 10.1 Å². The van der Waals surface area contributed by atoms with Crippen molar-refractivity contribution >= 4 is 29.5 Å². The van der Waals surface area contributed by atoms with E-state index in [0.29, 0.717) is 29.2 Å². The van der Waals surface area contributed by atoms with Crippen molar-refractivity contribution in [1.29, 1.82) is 0 Å². The van der Waals surface area contributed by atoms with Crippen molar-refractivity contribution in [2.45, 2.75) is 13.8 Å². The molecule has 7 nitrogen and oxygen atoms in total. The van der Waals surface area contributed by atoms with Gasteiger partial charge in [-0.05, 0) is 49.8 Å². The average Bonchev–Trinajstić information content (AvgIpc) is 3.04. The Kier molecular flexibility index (Phi) is 7.46. The van der Waals surface area contributed by atoms with Crippen LogP contribution in [0.2, 0.25) is 0 Å². The molecule has 0 spiro atoms. The maximum Gasteiger partial charge on any atom is 0.340 e. The summed E-state index contributed by atoms with van der Waals surface area (Å²) in [6.07, 6.45) is 3.23. The van der Waals surface area contributed by atoms with Gasteiger partial charge in [0.25, 0.3) is 11.8 Å². The number of carbonyl (C=O) groups is 3. The number of esters is 1. The van der Waals surface area contributed by atoms with E-state index in [1.807, 2.05) is 31.2 Å². The summed E-state index contributed by atoms with van der Waals surface area (Å²) in [4.78, 5) is 38.7. The quantitative estimate of drug-likeness (QED) is 0.378. The first kappa shape index (κ1) is 23.5. The number of nitrogens with zero attached hydrogens (tertiary/aromatic N) is 1. The van der Waals surface area contributed by atoms with Crippen molar-refractivity contribution in [3.8, 4) is 5.75 Å². The summed E-state index contributed by atoms with van der Waals surface area (Å²) in [7, 11) is 1.28. The standard InChI is InChI=1S/C26H26N2O5/c1-5-14-28-18(3)24(26(31)32-4)22(25(28)30)15-19-8-12-21(13-9-19)33-16-23(29)27-20-10-6-17(2)7-11-20/h5-13,15H,1,14,16H2,2-4H3,(H,27,29)/b22-15-. The van der Waals surface area contributed by atoms with Gasteiger partial charge in [0.2, 0.25) is 0 Å². The Morgan fingerprint density at radius 2 is 1.73 bits per heavy atom. The van der Waals surface area contributed by atoms with Crippen molar-refractivity contribution in [1.82, 2.24) is 4.90 Å². The van der Waals surface area contributed by atoms with Gasteiger partial charge < -0.3 is 19.7 Å². The van der Waals surface area contributed by atoms with Gasteiger partial charge in [-0.1, -0.05) is 35.9 Å². The van der Waals surface area contributed by atoms with E-state index in [1.165, 1.54) is 12.0 Å². The molecule has 2 aromatic carbocycles. The summed E-state index contributed by atoms with van der Waals surface area (Å²) >= 11 is 0. The Hall–Kier alpha value is -4.13. The molecule has 7 heteroatoms. The van der Waals surface area contributed by atoms with Crippen LogP contribution in [0.15, 0.2) is 78.0 Å². The highest BCUT2D eigenvalue weighted by Gasteiger charge is 2.36. The maximum atomic E-state index is 12.8. The van der Waals surface area contributed by atoms with E-state index in [9.17, 15) is 14.4 Å². The summed E-state index contributed by atoms with van der Waals surface area (Å²) < 4.78 is 10.4. The lowest BCUT2D eigenvalue weighted by atomic mass is 10.0. The molecule has 0 aliphatic carbocycles. The van der Waals surface area contributed by atoms with Gasteiger partial charge >= 0.3 is 5.97 Å². The number of methoxy groups -OCH3 is 1. The van der Waals surface area contributed by atoms with E-state index >= 15 is 0 Å². The number of amides is 2. The molecule has 1 N–H and O–H groups in total. The number of aryl methyl sites for hydroxylation is 1. The molecule has 0 radical (unpaired) electrons. The van der Waals surface area contributed by atoms with Gasteiger partial charge in [0, 0.05) is 17.9 Å². The summed E-state index contributed by atoms with van der Waals surface area (Å²) in [6, 6.07) is 14.4. The van der Waals surface area contributed by atoms with Crippen LogP contribution in [-0.2, 0) is 19.1 Å². The van der Waals surface area contributed by atoms with Gasteiger partial charge in [-0.2, -0.15) is 0 Å². The summed E-state index contributed by atoms with van der Waals surface area (Å²) in [5.41, 5.74) is 3.52. The second-order valence-corrected chi connectivity index (χ2v) is 7.49. The number of hydrogen-bond acceptors (Lipinski definition) is 5. The molecule has 1 aliphatic rings. The summed E-state index contributed by atoms with van der Waals surface area (Å²) in [6.45, 7) is 7.49. The predicted octanol–water partition coefficient (Wildman–Crippen LogP) is 3.87. The fraction of sp³-hybridized carbons (Fsp3) is 0.192. The highest BCUT2D eigenvalue weighted by atomic mass is 16.5. The minimum Gasteiger partial charge on any atom is -0.484 e. The van der Waals surface area contributed by atoms with E-state index in [-0.39, 0.29) is 29.6 Å². The summed E-state index contributed by atoms with van der Waals surface area (Å²) in [5, 5.41) is 2.77. The average molecular weight is 447 g/mol. The zero-order valence-corrected chi connectivity index (χ0v) is 18.9. The molecule has 2 aromatic rings. The van der Waals surface area contributed by atoms with Crippen LogP contribution in [0.1, 0.15) is 18.1 Å².